The third kappa shape index (κ3) is 4.03. The van der Waals surface area contributed by atoms with Crippen LogP contribution in [0.3, 0.4) is 0 Å². The molecule has 0 radical (unpaired) electrons. The monoisotopic (exact) mass is 393 g/mol. The molecule has 3 aliphatic rings. The second-order valence-electron chi connectivity index (χ2n) is 7.46. The van der Waals surface area contributed by atoms with Crippen molar-refractivity contribution in [2.24, 2.45) is 0 Å². The van der Waals surface area contributed by atoms with Crippen molar-refractivity contribution in [3.05, 3.63) is 29.3 Å². The van der Waals surface area contributed by atoms with Crippen molar-refractivity contribution in [2.75, 3.05) is 59.0 Å². The van der Waals surface area contributed by atoms with Gasteiger partial charge < -0.3 is 9.64 Å². The zero-order valence-electron chi connectivity index (χ0n) is 15.6. The Morgan fingerprint density at radius 2 is 1.67 bits per heavy atom. The first kappa shape index (κ1) is 18.9. The molecule has 4 rings (SSSR count). The molecule has 2 heterocycles. The van der Waals surface area contributed by atoms with Gasteiger partial charge in [0.05, 0.1) is 24.7 Å². The molecule has 0 bridgehead atoms. The summed E-state index contributed by atoms with van der Waals surface area (Å²) >= 11 is 0. The molecule has 7 nitrogen and oxygen atoms in total. The molecule has 148 valence electrons. The highest BCUT2D eigenvalue weighted by molar-refractivity contribution is 7.89. The summed E-state index contributed by atoms with van der Waals surface area (Å²) in [4.78, 5) is 16.7. The van der Waals surface area contributed by atoms with Gasteiger partial charge in [-0.3, -0.25) is 9.69 Å². The van der Waals surface area contributed by atoms with E-state index in [-0.39, 0.29) is 5.91 Å². The van der Waals surface area contributed by atoms with Crippen LogP contribution in [0.4, 0.5) is 0 Å². The number of aryl methyl sites for hydroxylation is 2. The van der Waals surface area contributed by atoms with Gasteiger partial charge in [0.1, 0.15) is 0 Å². The van der Waals surface area contributed by atoms with Gasteiger partial charge in [-0.25, -0.2) is 8.42 Å². The zero-order chi connectivity index (χ0) is 18.9. The summed E-state index contributed by atoms with van der Waals surface area (Å²) in [5.74, 6) is 0.105. The maximum Gasteiger partial charge on any atom is 0.243 e. The smallest absolute Gasteiger partial charge is 0.243 e. The minimum absolute atomic E-state index is 0.105. The predicted molar refractivity (Wildman–Crippen MR) is 101 cm³/mol. The predicted octanol–water partition coefficient (Wildman–Crippen LogP) is 0.340. The maximum atomic E-state index is 13.0. The number of sulfonamides is 1. The Hall–Kier alpha value is -1.48. The van der Waals surface area contributed by atoms with E-state index in [1.165, 1.54) is 11.1 Å². The normalized spacial score (nSPS) is 22.0. The fourth-order valence-corrected chi connectivity index (χ4v) is 5.56. The van der Waals surface area contributed by atoms with Crippen LogP contribution in [0, 0.1) is 0 Å². The van der Waals surface area contributed by atoms with Crippen molar-refractivity contribution < 1.29 is 17.9 Å². The molecule has 1 aromatic rings. The molecule has 1 amide bonds. The Morgan fingerprint density at radius 3 is 2.41 bits per heavy atom. The average molecular weight is 394 g/mol. The molecule has 0 atom stereocenters. The second-order valence-corrected chi connectivity index (χ2v) is 9.40. The molecule has 0 saturated carbocycles. The lowest BCUT2D eigenvalue weighted by atomic mass is 10.1. The second kappa shape index (κ2) is 7.87. The van der Waals surface area contributed by atoms with Crippen molar-refractivity contribution in [3.8, 4) is 0 Å². The number of amides is 1. The van der Waals surface area contributed by atoms with Gasteiger partial charge in [-0.1, -0.05) is 6.07 Å². The fourth-order valence-electron chi connectivity index (χ4n) is 4.09. The average Bonchev–Trinajstić information content (AvgIpc) is 3.17. The molecule has 27 heavy (non-hydrogen) atoms. The van der Waals surface area contributed by atoms with E-state index in [9.17, 15) is 13.2 Å². The number of piperazine rings is 1. The van der Waals surface area contributed by atoms with Crippen molar-refractivity contribution in [3.63, 3.8) is 0 Å². The number of hydrogen-bond donors (Lipinski definition) is 0. The molecule has 1 aromatic carbocycles. The molecule has 0 aromatic heterocycles. The van der Waals surface area contributed by atoms with Crippen molar-refractivity contribution in [2.45, 2.75) is 24.2 Å². The van der Waals surface area contributed by atoms with Crippen LogP contribution >= 0.6 is 0 Å². The van der Waals surface area contributed by atoms with E-state index in [1.807, 2.05) is 21.9 Å². The lowest BCUT2D eigenvalue weighted by Gasteiger charge is -2.35. The quantitative estimate of drug-likeness (QED) is 0.738. The number of ether oxygens (including phenoxy) is 1. The molecular weight excluding hydrogens is 366 g/mol. The van der Waals surface area contributed by atoms with Crippen LogP contribution in [0.1, 0.15) is 17.5 Å². The molecule has 0 N–H and O–H groups in total. The van der Waals surface area contributed by atoms with Crippen LogP contribution in [-0.4, -0.2) is 87.5 Å². The van der Waals surface area contributed by atoms with Crippen LogP contribution in [-0.2, 0) is 32.4 Å². The van der Waals surface area contributed by atoms with E-state index in [4.69, 9.17) is 4.74 Å². The Kier molecular flexibility index (Phi) is 5.50. The highest BCUT2D eigenvalue weighted by Gasteiger charge is 2.30. The van der Waals surface area contributed by atoms with Gasteiger partial charge in [0.25, 0.3) is 0 Å². The summed E-state index contributed by atoms with van der Waals surface area (Å²) in [6, 6.07) is 5.56. The molecular formula is C19H27N3O4S. The van der Waals surface area contributed by atoms with E-state index in [2.05, 4.69) is 0 Å². The van der Waals surface area contributed by atoms with Crippen molar-refractivity contribution in [1.29, 1.82) is 0 Å². The lowest BCUT2D eigenvalue weighted by molar-refractivity contribution is -0.136. The fraction of sp³-hybridized carbons (Fsp3) is 0.632. The summed E-state index contributed by atoms with van der Waals surface area (Å²) in [5, 5.41) is 0. The molecule has 0 spiro atoms. The SMILES string of the molecule is O=C(CN1CCN(S(=O)(=O)c2ccc3c(c2)CCC3)CC1)N1CCOCC1. The van der Waals surface area contributed by atoms with Gasteiger partial charge in [-0.2, -0.15) is 4.31 Å². The van der Waals surface area contributed by atoms with Gasteiger partial charge >= 0.3 is 0 Å². The summed E-state index contributed by atoms with van der Waals surface area (Å²) in [6.45, 7) is 4.85. The number of benzene rings is 1. The van der Waals surface area contributed by atoms with Crippen LogP contribution < -0.4 is 0 Å². The third-order valence-electron chi connectivity index (χ3n) is 5.76. The number of morpholine rings is 1. The number of rotatable bonds is 4. The van der Waals surface area contributed by atoms with Crippen molar-refractivity contribution in [1.82, 2.24) is 14.1 Å². The minimum Gasteiger partial charge on any atom is -0.378 e. The molecule has 1 aliphatic carbocycles. The maximum absolute atomic E-state index is 13.0. The first-order chi connectivity index (χ1) is 13.0. The van der Waals surface area contributed by atoms with Gasteiger partial charge in [0.2, 0.25) is 15.9 Å². The Labute approximate surface area is 160 Å². The summed E-state index contributed by atoms with van der Waals surface area (Å²) in [7, 11) is -3.46. The van der Waals surface area contributed by atoms with Gasteiger partial charge in [-0.05, 0) is 42.5 Å². The van der Waals surface area contributed by atoms with E-state index < -0.39 is 10.0 Å². The summed E-state index contributed by atoms with van der Waals surface area (Å²) < 4.78 is 32.8. The molecule has 2 aliphatic heterocycles. The van der Waals surface area contributed by atoms with Crippen molar-refractivity contribution >= 4 is 15.9 Å². The topological polar surface area (TPSA) is 70.2 Å². The van der Waals surface area contributed by atoms with Gasteiger partial charge in [0.15, 0.2) is 0 Å². The number of carbonyl (C=O) groups excluding carboxylic acids is 1. The highest BCUT2D eigenvalue weighted by atomic mass is 32.2. The van der Waals surface area contributed by atoms with E-state index >= 15 is 0 Å². The van der Waals surface area contributed by atoms with E-state index in [1.54, 1.807) is 10.4 Å². The summed E-state index contributed by atoms with van der Waals surface area (Å²) in [6.07, 6.45) is 3.12. The standard InChI is InChI=1S/C19H27N3O4S/c23-19(21-10-12-26-13-11-21)15-20-6-8-22(9-7-20)27(24,25)18-5-4-16-2-1-3-17(16)14-18/h4-5,14H,1-3,6-13,15H2. The van der Waals surface area contributed by atoms with Gasteiger partial charge in [0, 0.05) is 39.3 Å². The summed E-state index contributed by atoms with van der Waals surface area (Å²) in [5.41, 5.74) is 2.45. The molecule has 8 heteroatoms. The molecule has 0 unspecified atom stereocenters. The first-order valence-corrected chi connectivity index (χ1v) is 11.2. The van der Waals surface area contributed by atoms with E-state index in [0.29, 0.717) is 63.9 Å². The van der Waals surface area contributed by atoms with Gasteiger partial charge in [-0.15, -0.1) is 0 Å². The minimum atomic E-state index is -3.46. The zero-order valence-corrected chi connectivity index (χ0v) is 16.4. The number of hydrogen-bond acceptors (Lipinski definition) is 5. The Morgan fingerprint density at radius 1 is 0.963 bits per heavy atom. The number of fused-ring (bicyclic) bond motifs is 1. The van der Waals surface area contributed by atoms with E-state index in [0.717, 1.165) is 19.3 Å². The largest absolute Gasteiger partial charge is 0.378 e. The lowest BCUT2D eigenvalue weighted by Crippen LogP contribution is -2.52. The van der Waals surface area contributed by atoms with Crippen LogP contribution in [0.2, 0.25) is 0 Å². The van der Waals surface area contributed by atoms with Crippen LogP contribution in [0.5, 0.6) is 0 Å². The van der Waals surface area contributed by atoms with Crippen LogP contribution in [0.25, 0.3) is 0 Å². The highest BCUT2D eigenvalue weighted by Crippen LogP contribution is 2.26. The number of nitrogens with zero attached hydrogens (tertiary/aromatic N) is 3. The Balaban J connectivity index is 1.35. The Bertz CT molecular complexity index is 797. The first-order valence-electron chi connectivity index (χ1n) is 9.74. The number of carbonyl (C=O) groups is 1. The molecule has 2 fully saturated rings. The molecule has 2 saturated heterocycles. The van der Waals surface area contributed by atoms with Crippen LogP contribution in [0.15, 0.2) is 23.1 Å². The third-order valence-corrected chi connectivity index (χ3v) is 7.66.